The first kappa shape index (κ1) is 15.7. The van der Waals surface area contributed by atoms with Gasteiger partial charge in [-0.1, -0.05) is 11.6 Å². The van der Waals surface area contributed by atoms with Gasteiger partial charge in [0.15, 0.2) is 0 Å². The van der Waals surface area contributed by atoms with Gasteiger partial charge in [-0.2, -0.15) is 0 Å². The van der Waals surface area contributed by atoms with Crippen molar-refractivity contribution in [1.82, 2.24) is 5.32 Å². The summed E-state index contributed by atoms with van der Waals surface area (Å²) in [5.74, 6) is -4.00. The fourth-order valence-corrected chi connectivity index (χ4v) is 2.17. The molecule has 2 N–H and O–H groups in total. The van der Waals surface area contributed by atoms with Crippen LogP contribution >= 0.6 is 11.6 Å². The minimum absolute atomic E-state index is 0.0216. The van der Waals surface area contributed by atoms with Gasteiger partial charge in [-0.3, -0.25) is 9.59 Å². The smallest absolute Gasteiger partial charge is 0.313 e. The molecular formula is C13H12ClF2NO4. The number of nitrogens with one attached hydrogen (secondary N) is 1. The second kappa shape index (κ2) is 5.57. The molecule has 1 aromatic rings. The summed E-state index contributed by atoms with van der Waals surface area (Å²) in [6.45, 7) is 1.31. The highest BCUT2D eigenvalue weighted by Crippen LogP contribution is 2.29. The van der Waals surface area contributed by atoms with E-state index in [2.05, 4.69) is 5.32 Å². The average Bonchev–Trinajstić information content (AvgIpc) is 2.76. The Morgan fingerprint density at radius 2 is 2.10 bits per heavy atom. The van der Waals surface area contributed by atoms with E-state index in [0.717, 1.165) is 0 Å². The van der Waals surface area contributed by atoms with Crippen molar-refractivity contribution in [3.8, 4) is 0 Å². The van der Waals surface area contributed by atoms with Crippen LogP contribution in [-0.2, 0) is 9.53 Å². The number of rotatable bonds is 3. The molecule has 2 unspecified atom stereocenters. The lowest BCUT2D eigenvalue weighted by Crippen LogP contribution is -2.49. The van der Waals surface area contributed by atoms with E-state index in [1.54, 1.807) is 0 Å². The average molecular weight is 320 g/mol. The van der Waals surface area contributed by atoms with Gasteiger partial charge in [0, 0.05) is 0 Å². The van der Waals surface area contributed by atoms with Gasteiger partial charge in [-0.15, -0.1) is 0 Å². The molecule has 0 radical (unpaired) electrons. The minimum Gasteiger partial charge on any atom is -0.481 e. The molecule has 1 amide bonds. The van der Waals surface area contributed by atoms with Crippen molar-refractivity contribution >= 4 is 23.5 Å². The molecule has 0 bridgehead atoms. The number of benzene rings is 1. The van der Waals surface area contributed by atoms with Crippen molar-refractivity contribution in [3.63, 3.8) is 0 Å². The van der Waals surface area contributed by atoms with Crippen LogP contribution in [0.3, 0.4) is 0 Å². The highest BCUT2D eigenvalue weighted by atomic mass is 35.5. The van der Waals surface area contributed by atoms with Crippen LogP contribution in [-0.4, -0.2) is 36.2 Å². The van der Waals surface area contributed by atoms with Crippen molar-refractivity contribution in [2.45, 2.75) is 13.0 Å². The molecule has 1 aromatic carbocycles. The number of hydrogen-bond donors (Lipinski definition) is 2. The summed E-state index contributed by atoms with van der Waals surface area (Å²) in [4.78, 5) is 23.2. The predicted octanol–water partition coefficient (Wildman–Crippen LogP) is 1.84. The number of carbonyl (C=O) groups is 2. The van der Waals surface area contributed by atoms with Gasteiger partial charge >= 0.3 is 5.97 Å². The zero-order chi connectivity index (χ0) is 15.8. The second-order valence-electron chi connectivity index (χ2n) is 5.01. The summed E-state index contributed by atoms with van der Waals surface area (Å²) in [6, 6.07) is 0.509. The first-order chi connectivity index (χ1) is 9.75. The summed E-state index contributed by atoms with van der Waals surface area (Å²) < 4.78 is 32.0. The van der Waals surface area contributed by atoms with E-state index in [1.807, 2.05) is 0 Å². The topological polar surface area (TPSA) is 75.6 Å². The van der Waals surface area contributed by atoms with E-state index in [-0.39, 0.29) is 13.2 Å². The summed E-state index contributed by atoms with van der Waals surface area (Å²) in [6.07, 6.45) is 0. The van der Waals surface area contributed by atoms with Crippen LogP contribution in [0.1, 0.15) is 17.3 Å². The maximum Gasteiger partial charge on any atom is 0.313 e. The van der Waals surface area contributed by atoms with Gasteiger partial charge in [0.25, 0.3) is 5.91 Å². The van der Waals surface area contributed by atoms with Gasteiger partial charge in [0.2, 0.25) is 0 Å². The molecule has 1 aliphatic rings. The van der Waals surface area contributed by atoms with Crippen LogP contribution in [0.2, 0.25) is 5.02 Å². The summed E-state index contributed by atoms with van der Waals surface area (Å²) in [5.41, 5.74) is -1.87. The molecule has 0 aliphatic carbocycles. The lowest BCUT2D eigenvalue weighted by Gasteiger charge is -2.25. The third kappa shape index (κ3) is 2.84. The quantitative estimate of drug-likeness (QED) is 0.834. The van der Waals surface area contributed by atoms with Crippen LogP contribution in [0, 0.1) is 17.0 Å². The molecule has 2 rings (SSSR count). The molecule has 1 heterocycles. The first-order valence-electron chi connectivity index (χ1n) is 6.02. The standard InChI is InChI=1S/C13H12ClF2NO4/c1-13(12(19)20)5-21-4-10(13)17-11(18)6-2-9(16)7(14)3-8(6)15/h2-3,10H,4-5H2,1H3,(H,17,18)(H,19,20). The van der Waals surface area contributed by atoms with Crippen LogP contribution < -0.4 is 5.32 Å². The number of ether oxygens (including phenoxy) is 1. The van der Waals surface area contributed by atoms with Crippen molar-refractivity contribution < 1.29 is 28.2 Å². The van der Waals surface area contributed by atoms with Gasteiger partial charge < -0.3 is 15.2 Å². The summed E-state index contributed by atoms with van der Waals surface area (Å²) in [7, 11) is 0. The van der Waals surface area contributed by atoms with E-state index in [9.17, 15) is 23.5 Å². The van der Waals surface area contributed by atoms with Crippen molar-refractivity contribution in [3.05, 3.63) is 34.4 Å². The number of halogens is 3. The van der Waals surface area contributed by atoms with Gasteiger partial charge in [0.1, 0.15) is 17.0 Å². The number of hydrogen-bond acceptors (Lipinski definition) is 3. The number of amides is 1. The van der Waals surface area contributed by atoms with Crippen LogP contribution in [0.5, 0.6) is 0 Å². The number of carboxylic acid groups (broad SMARTS) is 1. The molecule has 2 atom stereocenters. The molecule has 1 saturated heterocycles. The van der Waals surface area contributed by atoms with Crippen molar-refractivity contribution in [1.29, 1.82) is 0 Å². The lowest BCUT2D eigenvalue weighted by molar-refractivity contribution is -0.148. The Morgan fingerprint density at radius 1 is 1.43 bits per heavy atom. The zero-order valence-corrected chi connectivity index (χ0v) is 11.7. The summed E-state index contributed by atoms with van der Waals surface area (Å²) >= 11 is 5.40. The maximum atomic E-state index is 13.6. The fourth-order valence-electron chi connectivity index (χ4n) is 2.02. The molecular weight excluding hydrogens is 308 g/mol. The highest BCUT2D eigenvalue weighted by molar-refractivity contribution is 6.30. The van der Waals surface area contributed by atoms with Gasteiger partial charge in [-0.05, 0) is 19.1 Å². The number of aliphatic carboxylic acids is 1. The van der Waals surface area contributed by atoms with Gasteiger partial charge in [-0.25, -0.2) is 8.78 Å². The Hall–Kier alpha value is -1.73. The van der Waals surface area contributed by atoms with Crippen LogP contribution in [0.4, 0.5) is 8.78 Å². The molecule has 0 saturated carbocycles. The van der Waals surface area contributed by atoms with Gasteiger partial charge in [0.05, 0.1) is 29.8 Å². The van der Waals surface area contributed by atoms with E-state index < -0.39 is 45.6 Å². The molecule has 1 aliphatic heterocycles. The zero-order valence-electron chi connectivity index (χ0n) is 11.0. The largest absolute Gasteiger partial charge is 0.481 e. The molecule has 21 heavy (non-hydrogen) atoms. The first-order valence-corrected chi connectivity index (χ1v) is 6.40. The van der Waals surface area contributed by atoms with E-state index in [1.165, 1.54) is 6.92 Å². The Kier molecular flexibility index (Phi) is 4.15. The third-order valence-corrected chi connectivity index (χ3v) is 3.79. The third-order valence-electron chi connectivity index (χ3n) is 3.50. The van der Waals surface area contributed by atoms with Crippen molar-refractivity contribution in [2.75, 3.05) is 13.2 Å². The monoisotopic (exact) mass is 319 g/mol. The molecule has 8 heteroatoms. The maximum absolute atomic E-state index is 13.6. The normalized spacial score (nSPS) is 24.9. The summed E-state index contributed by atoms with van der Waals surface area (Å²) in [5, 5.41) is 11.1. The second-order valence-corrected chi connectivity index (χ2v) is 5.42. The Balaban J connectivity index is 2.23. The SMILES string of the molecule is CC1(C(=O)O)COCC1NC(=O)c1cc(F)c(Cl)cc1F. The Morgan fingerprint density at radius 3 is 2.71 bits per heavy atom. The molecule has 5 nitrogen and oxygen atoms in total. The van der Waals surface area contributed by atoms with E-state index >= 15 is 0 Å². The van der Waals surface area contributed by atoms with E-state index in [0.29, 0.717) is 12.1 Å². The Bertz CT molecular complexity index is 610. The predicted molar refractivity (Wildman–Crippen MR) is 69.2 cm³/mol. The fraction of sp³-hybridized carbons (Fsp3) is 0.385. The van der Waals surface area contributed by atoms with Crippen LogP contribution in [0.15, 0.2) is 12.1 Å². The van der Waals surface area contributed by atoms with Crippen molar-refractivity contribution in [2.24, 2.45) is 5.41 Å². The minimum atomic E-state index is -1.32. The number of carboxylic acids is 1. The highest BCUT2D eigenvalue weighted by Gasteiger charge is 2.47. The molecule has 0 spiro atoms. The number of carbonyl (C=O) groups excluding carboxylic acids is 1. The Labute approximate surface area is 123 Å². The van der Waals surface area contributed by atoms with Crippen LogP contribution in [0.25, 0.3) is 0 Å². The molecule has 114 valence electrons. The lowest BCUT2D eigenvalue weighted by atomic mass is 9.85. The molecule has 1 fully saturated rings. The van der Waals surface area contributed by atoms with E-state index in [4.69, 9.17) is 16.3 Å². The molecule has 0 aromatic heterocycles.